The van der Waals surface area contributed by atoms with Crippen LogP contribution in [-0.4, -0.2) is 23.9 Å². The molecule has 2 aromatic carbocycles. The summed E-state index contributed by atoms with van der Waals surface area (Å²) in [5, 5.41) is 2.89. The normalized spacial score (nSPS) is 18.3. The first-order valence-electron chi connectivity index (χ1n) is 10.4. The number of nitrogens with one attached hydrogen (secondary N) is 1. The Hall–Kier alpha value is -3.74. The van der Waals surface area contributed by atoms with Crippen LogP contribution in [0.25, 0.3) is 0 Å². The van der Waals surface area contributed by atoms with Gasteiger partial charge in [-0.15, -0.1) is 0 Å². The molecule has 2 heterocycles. The first-order chi connectivity index (χ1) is 15.5. The number of rotatable bonds is 5. The Morgan fingerprint density at radius 1 is 1.09 bits per heavy atom. The average molecular weight is 433 g/mol. The minimum atomic E-state index is -0.588. The number of ether oxygens (including phenoxy) is 1. The maximum atomic E-state index is 13.6. The summed E-state index contributed by atoms with van der Waals surface area (Å²) in [6.07, 6.45) is 0.605. The number of aromatic nitrogens is 1. The van der Waals surface area contributed by atoms with Gasteiger partial charge in [0.15, 0.2) is 0 Å². The molecule has 32 heavy (non-hydrogen) atoms. The molecule has 1 aromatic heterocycles. The lowest BCUT2D eigenvalue weighted by Crippen LogP contribution is -2.47. The molecule has 1 aliphatic rings. The largest absolute Gasteiger partial charge is 0.497 e. The van der Waals surface area contributed by atoms with Gasteiger partial charge in [0.2, 0.25) is 11.8 Å². The fraction of sp³-hybridized carbons (Fsp3) is 0.240. The van der Waals surface area contributed by atoms with Crippen LogP contribution >= 0.6 is 0 Å². The molecule has 1 N–H and O–H groups in total. The monoisotopic (exact) mass is 433 g/mol. The maximum Gasteiger partial charge on any atom is 0.231 e. The number of halogens is 1. The van der Waals surface area contributed by atoms with E-state index < -0.39 is 12.0 Å². The number of carbonyl (C=O) groups excluding carboxylic acids is 2. The summed E-state index contributed by atoms with van der Waals surface area (Å²) in [4.78, 5) is 32.4. The Morgan fingerprint density at radius 2 is 1.81 bits per heavy atom. The van der Waals surface area contributed by atoms with Gasteiger partial charge in [-0.3, -0.25) is 9.59 Å². The van der Waals surface area contributed by atoms with Crippen LogP contribution in [0.2, 0.25) is 0 Å². The third-order valence-electron chi connectivity index (χ3n) is 5.64. The van der Waals surface area contributed by atoms with Crippen LogP contribution in [0.3, 0.4) is 0 Å². The van der Waals surface area contributed by atoms with Crippen LogP contribution in [0.4, 0.5) is 15.9 Å². The molecule has 6 nitrogen and oxygen atoms in total. The Balaban J connectivity index is 1.73. The number of piperidine rings is 1. The fourth-order valence-electron chi connectivity index (χ4n) is 4.09. The van der Waals surface area contributed by atoms with E-state index in [1.54, 1.807) is 54.5 Å². The summed E-state index contributed by atoms with van der Waals surface area (Å²) in [5.74, 6) is -0.123. The number of aryl methyl sites for hydroxylation is 1. The molecule has 0 aliphatic carbocycles. The number of nitrogens with zero attached hydrogens (tertiary/aromatic N) is 2. The maximum absolute atomic E-state index is 13.6. The Morgan fingerprint density at radius 3 is 2.47 bits per heavy atom. The summed E-state index contributed by atoms with van der Waals surface area (Å²) in [6.45, 7) is 1.85. The second-order valence-electron chi connectivity index (χ2n) is 7.76. The predicted molar refractivity (Wildman–Crippen MR) is 120 cm³/mol. The molecule has 2 amide bonds. The number of carbonyl (C=O) groups is 2. The van der Waals surface area contributed by atoms with Gasteiger partial charge in [-0.2, -0.15) is 0 Å². The van der Waals surface area contributed by atoms with Crippen LogP contribution in [0.5, 0.6) is 5.75 Å². The fourth-order valence-corrected chi connectivity index (χ4v) is 4.09. The van der Waals surface area contributed by atoms with Crippen molar-refractivity contribution >= 4 is 23.3 Å². The van der Waals surface area contributed by atoms with Gasteiger partial charge < -0.3 is 15.0 Å². The number of methoxy groups -OCH3 is 1. The van der Waals surface area contributed by atoms with E-state index >= 15 is 0 Å². The van der Waals surface area contributed by atoms with E-state index in [4.69, 9.17) is 4.74 Å². The van der Waals surface area contributed by atoms with Crippen molar-refractivity contribution in [3.05, 3.63) is 83.8 Å². The third kappa shape index (κ3) is 4.46. The van der Waals surface area contributed by atoms with Gasteiger partial charge in [-0.05, 0) is 67.4 Å². The van der Waals surface area contributed by atoms with E-state index in [2.05, 4.69) is 10.3 Å². The smallest absolute Gasteiger partial charge is 0.231 e. The van der Waals surface area contributed by atoms with Crippen molar-refractivity contribution in [3.63, 3.8) is 0 Å². The van der Waals surface area contributed by atoms with Crippen molar-refractivity contribution in [3.8, 4) is 5.75 Å². The quantitative estimate of drug-likeness (QED) is 0.635. The zero-order valence-corrected chi connectivity index (χ0v) is 17.9. The van der Waals surface area contributed by atoms with E-state index in [0.717, 1.165) is 5.69 Å². The van der Waals surface area contributed by atoms with Crippen LogP contribution < -0.4 is 15.0 Å². The van der Waals surface area contributed by atoms with Crippen LogP contribution in [-0.2, 0) is 9.59 Å². The Bertz CT molecular complexity index is 1120. The van der Waals surface area contributed by atoms with Gasteiger partial charge >= 0.3 is 0 Å². The molecule has 1 saturated heterocycles. The lowest BCUT2D eigenvalue weighted by Gasteiger charge is -2.40. The SMILES string of the molecule is COc1ccc(N2C(=O)CCC(C(=O)Nc3cccc(C)n3)C2c2ccc(F)cc2)cc1. The number of anilines is 2. The molecular formula is C25H24FN3O3. The molecule has 0 bridgehead atoms. The van der Waals surface area contributed by atoms with Gasteiger partial charge in [0.1, 0.15) is 17.4 Å². The molecule has 1 fully saturated rings. The first kappa shape index (κ1) is 21.5. The third-order valence-corrected chi connectivity index (χ3v) is 5.64. The molecule has 0 spiro atoms. The minimum Gasteiger partial charge on any atom is -0.497 e. The molecule has 0 saturated carbocycles. The second kappa shape index (κ2) is 9.18. The highest BCUT2D eigenvalue weighted by atomic mass is 19.1. The van der Waals surface area contributed by atoms with Crippen molar-refractivity contribution in [2.75, 3.05) is 17.3 Å². The lowest BCUT2D eigenvalue weighted by atomic mass is 9.83. The van der Waals surface area contributed by atoms with Crippen molar-refractivity contribution in [2.24, 2.45) is 5.92 Å². The van der Waals surface area contributed by atoms with Crippen molar-refractivity contribution in [1.82, 2.24) is 4.98 Å². The van der Waals surface area contributed by atoms with Gasteiger partial charge in [0, 0.05) is 17.8 Å². The summed E-state index contributed by atoms with van der Waals surface area (Å²) < 4.78 is 18.9. The van der Waals surface area contributed by atoms with E-state index in [1.165, 1.54) is 12.1 Å². The zero-order chi connectivity index (χ0) is 22.7. The number of hydrogen-bond donors (Lipinski definition) is 1. The molecule has 2 unspecified atom stereocenters. The molecule has 1 aliphatic heterocycles. The van der Waals surface area contributed by atoms with Gasteiger partial charge in [-0.25, -0.2) is 9.37 Å². The second-order valence-corrected chi connectivity index (χ2v) is 7.76. The van der Waals surface area contributed by atoms with Gasteiger partial charge in [0.25, 0.3) is 0 Å². The minimum absolute atomic E-state index is 0.0952. The number of hydrogen-bond acceptors (Lipinski definition) is 4. The summed E-state index contributed by atoms with van der Waals surface area (Å²) in [5.41, 5.74) is 2.13. The zero-order valence-electron chi connectivity index (χ0n) is 17.9. The van der Waals surface area contributed by atoms with Crippen molar-refractivity contribution < 1.29 is 18.7 Å². The van der Waals surface area contributed by atoms with Gasteiger partial charge in [0.05, 0.1) is 19.1 Å². The molecule has 4 rings (SSSR count). The average Bonchev–Trinajstić information content (AvgIpc) is 2.79. The highest BCUT2D eigenvalue weighted by Gasteiger charge is 2.41. The summed E-state index contributed by atoms with van der Waals surface area (Å²) in [7, 11) is 1.57. The lowest BCUT2D eigenvalue weighted by molar-refractivity contribution is -0.125. The van der Waals surface area contributed by atoms with Crippen molar-refractivity contribution in [2.45, 2.75) is 25.8 Å². The first-order valence-corrected chi connectivity index (χ1v) is 10.4. The molecule has 0 radical (unpaired) electrons. The van der Waals surface area contributed by atoms with E-state index in [9.17, 15) is 14.0 Å². The summed E-state index contributed by atoms with van der Waals surface area (Å²) >= 11 is 0. The topological polar surface area (TPSA) is 71.5 Å². The number of benzene rings is 2. The van der Waals surface area contributed by atoms with Crippen LogP contribution in [0, 0.1) is 18.7 Å². The number of pyridine rings is 1. The predicted octanol–water partition coefficient (Wildman–Crippen LogP) is 4.66. The molecule has 7 heteroatoms. The van der Waals surface area contributed by atoms with E-state index in [-0.39, 0.29) is 24.1 Å². The molecule has 164 valence electrons. The van der Waals surface area contributed by atoms with E-state index in [1.807, 2.05) is 19.1 Å². The van der Waals surface area contributed by atoms with E-state index in [0.29, 0.717) is 29.2 Å². The highest BCUT2D eigenvalue weighted by molar-refractivity contribution is 6.00. The van der Waals surface area contributed by atoms with Gasteiger partial charge in [-0.1, -0.05) is 18.2 Å². The standard InChI is InChI=1S/C25H24FN3O3/c1-16-4-3-5-22(27-16)28-25(31)21-14-15-23(30)29(19-10-12-20(32-2)13-11-19)24(21)17-6-8-18(26)9-7-17/h3-13,21,24H,14-15H2,1-2H3,(H,27,28,31). The Labute approximate surface area is 186 Å². The number of amides is 2. The highest BCUT2D eigenvalue weighted by Crippen LogP contribution is 2.41. The summed E-state index contributed by atoms with van der Waals surface area (Å²) in [6, 6.07) is 17.9. The molecule has 2 atom stereocenters. The molecular weight excluding hydrogens is 409 g/mol. The van der Waals surface area contributed by atoms with Crippen LogP contribution in [0.15, 0.2) is 66.7 Å². The molecule has 3 aromatic rings. The van der Waals surface area contributed by atoms with Crippen LogP contribution in [0.1, 0.15) is 30.1 Å². The van der Waals surface area contributed by atoms with Crippen molar-refractivity contribution in [1.29, 1.82) is 0 Å². The Kier molecular flexibility index (Phi) is 6.16.